The standard InChI is InChI=1S/C11H14ClNO2S.ClH/c12-10-5-4-8(16-10)7-13-6-2-1-3-9(13)11(14)15;/h4-5,9H,1-3,6-7H2,(H,14,15);1H. The Morgan fingerprint density at radius 3 is 2.88 bits per heavy atom. The average Bonchev–Trinajstić information content (AvgIpc) is 2.64. The summed E-state index contributed by atoms with van der Waals surface area (Å²) in [6.07, 6.45) is 2.86. The predicted octanol–water partition coefficient (Wildman–Crippen LogP) is 3.26. The van der Waals surface area contributed by atoms with Crippen molar-refractivity contribution in [2.45, 2.75) is 31.8 Å². The molecule has 1 saturated heterocycles. The summed E-state index contributed by atoms with van der Waals surface area (Å²) in [5.41, 5.74) is 0. The molecule has 1 aliphatic heterocycles. The minimum atomic E-state index is -0.706. The van der Waals surface area contributed by atoms with Crippen LogP contribution in [0.1, 0.15) is 24.1 Å². The minimum Gasteiger partial charge on any atom is -0.480 e. The normalized spacial score (nSPS) is 20.9. The number of nitrogens with zero attached hydrogens (tertiary/aromatic N) is 1. The molecule has 0 bridgehead atoms. The van der Waals surface area contributed by atoms with Gasteiger partial charge >= 0.3 is 5.97 Å². The molecule has 0 saturated carbocycles. The fraction of sp³-hybridized carbons (Fsp3) is 0.545. The fourth-order valence-corrected chi connectivity index (χ4v) is 3.21. The van der Waals surface area contributed by atoms with Gasteiger partial charge < -0.3 is 5.11 Å². The lowest BCUT2D eigenvalue weighted by Gasteiger charge is -2.32. The van der Waals surface area contributed by atoms with Gasteiger partial charge in [-0.05, 0) is 31.5 Å². The third-order valence-corrected chi connectivity index (χ3v) is 4.10. The zero-order chi connectivity index (χ0) is 11.5. The summed E-state index contributed by atoms with van der Waals surface area (Å²) < 4.78 is 0.763. The van der Waals surface area contributed by atoms with Crippen LogP contribution in [-0.4, -0.2) is 28.6 Å². The van der Waals surface area contributed by atoms with E-state index in [2.05, 4.69) is 0 Å². The van der Waals surface area contributed by atoms with Gasteiger partial charge in [-0.25, -0.2) is 0 Å². The van der Waals surface area contributed by atoms with Crippen LogP contribution in [0, 0.1) is 0 Å². The molecule has 2 heterocycles. The number of carboxylic acids is 1. The molecule has 3 nitrogen and oxygen atoms in total. The molecular formula is C11H15Cl2NO2S. The molecule has 1 aromatic rings. The van der Waals surface area contributed by atoms with Crippen molar-refractivity contribution in [3.8, 4) is 0 Å². The zero-order valence-electron chi connectivity index (χ0n) is 9.26. The molecule has 0 aromatic carbocycles. The molecule has 1 aromatic heterocycles. The summed E-state index contributed by atoms with van der Waals surface area (Å²) in [5, 5.41) is 9.13. The van der Waals surface area contributed by atoms with Crippen LogP contribution in [0.15, 0.2) is 12.1 Å². The average molecular weight is 296 g/mol. The van der Waals surface area contributed by atoms with Crippen LogP contribution in [0.2, 0.25) is 4.34 Å². The highest BCUT2D eigenvalue weighted by molar-refractivity contribution is 7.16. The number of hydrogen-bond donors (Lipinski definition) is 1. The van der Waals surface area contributed by atoms with Gasteiger partial charge in [0.2, 0.25) is 0 Å². The number of thiophene rings is 1. The number of likely N-dealkylation sites (tertiary alicyclic amines) is 1. The Bertz CT molecular complexity index is 383. The molecule has 1 unspecified atom stereocenters. The largest absolute Gasteiger partial charge is 0.480 e. The molecule has 1 N–H and O–H groups in total. The number of rotatable bonds is 3. The monoisotopic (exact) mass is 295 g/mol. The van der Waals surface area contributed by atoms with E-state index in [1.165, 1.54) is 11.3 Å². The summed E-state index contributed by atoms with van der Waals surface area (Å²) in [7, 11) is 0. The number of carboxylic acid groups (broad SMARTS) is 1. The van der Waals surface area contributed by atoms with Crippen molar-refractivity contribution in [2.24, 2.45) is 0 Å². The van der Waals surface area contributed by atoms with Crippen LogP contribution in [0.25, 0.3) is 0 Å². The van der Waals surface area contributed by atoms with Crippen molar-refractivity contribution in [3.05, 3.63) is 21.3 Å². The number of aliphatic carboxylic acids is 1. The van der Waals surface area contributed by atoms with Gasteiger partial charge in [0.25, 0.3) is 0 Å². The maximum atomic E-state index is 11.1. The van der Waals surface area contributed by atoms with Gasteiger partial charge in [0.05, 0.1) is 4.34 Å². The topological polar surface area (TPSA) is 40.5 Å². The van der Waals surface area contributed by atoms with Crippen molar-refractivity contribution in [2.75, 3.05) is 6.54 Å². The molecule has 96 valence electrons. The van der Waals surface area contributed by atoms with Gasteiger partial charge in [0.15, 0.2) is 0 Å². The van der Waals surface area contributed by atoms with Crippen LogP contribution in [0.4, 0.5) is 0 Å². The molecule has 1 aliphatic rings. The van der Waals surface area contributed by atoms with Gasteiger partial charge in [-0.1, -0.05) is 18.0 Å². The summed E-state index contributed by atoms with van der Waals surface area (Å²) in [6.45, 7) is 1.57. The molecule has 1 fully saturated rings. The maximum absolute atomic E-state index is 11.1. The van der Waals surface area contributed by atoms with Crippen LogP contribution in [0.3, 0.4) is 0 Å². The Balaban J connectivity index is 0.00000144. The Kier molecular flexibility index (Phi) is 5.73. The Hall–Kier alpha value is -0.290. The van der Waals surface area contributed by atoms with E-state index in [9.17, 15) is 4.79 Å². The van der Waals surface area contributed by atoms with Crippen LogP contribution >= 0.6 is 35.3 Å². The smallest absolute Gasteiger partial charge is 0.320 e. The maximum Gasteiger partial charge on any atom is 0.320 e. The summed E-state index contributed by atoms with van der Waals surface area (Å²) in [6, 6.07) is 3.51. The first kappa shape index (κ1) is 14.8. The third-order valence-electron chi connectivity index (χ3n) is 2.89. The number of halogens is 2. The number of piperidine rings is 1. The van der Waals surface area contributed by atoms with E-state index in [1.807, 2.05) is 17.0 Å². The van der Waals surface area contributed by atoms with E-state index in [0.717, 1.165) is 35.0 Å². The first-order chi connectivity index (χ1) is 7.66. The summed E-state index contributed by atoms with van der Waals surface area (Å²) in [4.78, 5) is 14.3. The van der Waals surface area contributed by atoms with Crippen molar-refractivity contribution >= 4 is 41.3 Å². The lowest BCUT2D eigenvalue weighted by Crippen LogP contribution is -2.43. The molecule has 0 spiro atoms. The van der Waals surface area contributed by atoms with Crippen molar-refractivity contribution in [1.29, 1.82) is 0 Å². The number of carbonyl (C=O) groups is 1. The second kappa shape index (κ2) is 6.59. The van der Waals surface area contributed by atoms with Crippen LogP contribution < -0.4 is 0 Å². The van der Waals surface area contributed by atoms with Gasteiger partial charge in [-0.2, -0.15) is 0 Å². The van der Waals surface area contributed by atoms with E-state index in [1.54, 1.807) is 0 Å². The Morgan fingerprint density at radius 2 is 2.29 bits per heavy atom. The van der Waals surface area contributed by atoms with Gasteiger partial charge in [-0.3, -0.25) is 9.69 Å². The van der Waals surface area contributed by atoms with Gasteiger partial charge in [-0.15, -0.1) is 23.7 Å². The van der Waals surface area contributed by atoms with Crippen molar-refractivity contribution in [3.63, 3.8) is 0 Å². The second-order valence-electron chi connectivity index (χ2n) is 4.03. The highest BCUT2D eigenvalue weighted by Gasteiger charge is 2.28. The predicted molar refractivity (Wildman–Crippen MR) is 72.3 cm³/mol. The van der Waals surface area contributed by atoms with Gasteiger partial charge in [0, 0.05) is 11.4 Å². The van der Waals surface area contributed by atoms with Crippen LogP contribution in [0.5, 0.6) is 0 Å². The molecule has 1 atom stereocenters. The lowest BCUT2D eigenvalue weighted by molar-refractivity contribution is -0.144. The molecule has 6 heteroatoms. The van der Waals surface area contributed by atoms with E-state index < -0.39 is 5.97 Å². The van der Waals surface area contributed by atoms with Crippen molar-refractivity contribution in [1.82, 2.24) is 4.90 Å². The lowest BCUT2D eigenvalue weighted by atomic mass is 10.0. The molecule has 0 amide bonds. The first-order valence-corrected chi connectivity index (χ1v) is 6.57. The van der Waals surface area contributed by atoms with E-state index in [0.29, 0.717) is 6.54 Å². The quantitative estimate of drug-likeness (QED) is 0.930. The molecular weight excluding hydrogens is 281 g/mol. The van der Waals surface area contributed by atoms with E-state index in [4.69, 9.17) is 16.7 Å². The third kappa shape index (κ3) is 3.85. The highest BCUT2D eigenvalue weighted by atomic mass is 35.5. The van der Waals surface area contributed by atoms with Crippen molar-refractivity contribution < 1.29 is 9.90 Å². The molecule has 2 rings (SSSR count). The molecule has 0 aliphatic carbocycles. The van der Waals surface area contributed by atoms with Crippen LogP contribution in [-0.2, 0) is 11.3 Å². The summed E-state index contributed by atoms with van der Waals surface area (Å²) in [5.74, 6) is -0.706. The van der Waals surface area contributed by atoms with E-state index >= 15 is 0 Å². The minimum absolute atomic E-state index is 0. The fourth-order valence-electron chi connectivity index (χ4n) is 2.10. The molecule has 17 heavy (non-hydrogen) atoms. The SMILES string of the molecule is Cl.O=C(O)C1CCCCN1Cc1ccc(Cl)s1. The summed E-state index contributed by atoms with van der Waals surface area (Å²) >= 11 is 7.39. The Labute approximate surface area is 116 Å². The Morgan fingerprint density at radius 1 is 1.53 bits per heavy atom. The first-order valence-electron chi connectivity index (χ1n) is 5.38. The number of hydrogen-bond acceptors (Lipinski definition) is 3. The zero-order valence-corrected chi connectivity index (χ0v) is 11.7. The molecule has 0 radical (unpaired) electrons. The second-order valence-corrected chi connectivity index (χ2v) is 5.83. The highest BCUT2D eigenvalue weighted by Crippen LogP contribution is 2.26. The van der Waals surface area contributed by atoms with Gasteiger partial charge in [0.1, 0.15) is 6.04 Å². The van der Waals surface area contributed by atoms with E-state index in [-0.39, 0.29) is 18.4 Å².